The van der Waals surface area contributed by atoms with Crippen LogP contribution in [0.25, 0.3) is 10.9 Å². The second-order valence-corrected chi connectivity index (χ2v) is 2.94. The molecule has 0 spiro atoms. The maximum absolute atomic E-state index is 13.2. The molecule has 3 nitrogen and oxygen atoms in total. The zero-order valence-corrected chi connectivity index (χ0v) is 7.29. The fourth-order valence-electron chi connectivity index (χ4n) is 1.25. The van der Waals surface area contributed by atoms with Gasteiger partial charge in [0.1, 0.15) is 17.0 Å². The van der Waals surface area contributed by atoms with Crippen molar-refractivity contribution in [2.45, 2.75) is 0 Å². The van der Waals surface area contributed by atoms with Gasteiger partial charge in [-0.05, 0) is 0 Å². The standard InChI is InChI=1S/C9H6F2N2O/c1-13-4-12-7-3-5(10)2-6(11)8(7)9(13)14/h2-4H,1H3. The normalized spacial score (nSPS) is 10.8. The van der Waals surface area contributed by atoms with E-state index in [4.69, 9.17) is 0 Å². The minimum Gasteiger partial charge on any atom is -0.302 e. The van der Waals surface area contributed by atoms with Gasteiger partial charge in [-0.25, -0.2) is 13.8 Å². The van der Waals surface area contributed by atoms with Crippen molar-refractivity contribution in [2.24, 2.45) is 7.05 Å². The monoisotopic (exact) mass is 196 g/mol. The summed E-state index contributed by atoms with van der Waals surface area (Å²) in [5, 5.41) is -0.184. The van der Waals surface area contributed by atoms with Gasteiger partial charge in [-0.3, -0.25) is 4.79 Å². The number of hydrogen-bond donors (Lipinski definition) is 0. The third-order valence-corrected chi connectivity index (χ3v) is 1.94. The molecule has 1 heterocycles. The summed E-state index contributed by atoms with van der Waals surface area (Å²) in [5.41, 5.74) is -0.488. The lowest BCUT2D eigenvalue weighted by atomic mass is 10.2. The van der Waals surface area contributed by atoms with Gasteiger partial charge in [0.25, 0.3) is 5.56 Å². The molecular weight excluding hydrogens is 190 g/mol. The highest BCUT2D eigenvalue weighted by atomic mass is 19.1. The van der Waals surface area contributed by atoms with Gasteiger partial charge < -0.3 is 4.57 Å². The Morgan fingerprint density at radius 1 is 1.36 bits per heavy atom. The predicted molar refractivity (Wildman–Crippen MR) is 46.9 cm³/mol. The average molecular weight is 196 g/mol. The Bertz CT molecular complexity index is 562. The van der Waals surface area contributed by atoms with E-state index in [1.165, 1.54) is 13.4 Å². The maximum atomic E-state index is 13.2. The first kappa shape index (κ1) is 8.80. The smallest absolute Gasteiger partial charge is 0.263 e. The Hall–Kier alpha value is -1.78. The van der Waals surface area contributed by atoms with Gasteiger partial charge in [0, 0.05) is 19.2 Å². The summed E-state index contributed by atoms with van der Waals surface area (Å²) in [4.78, 5) is 15.2. The number of benzene rings is 1. The van der Waals surface area contributed by atoms with E-state index < -0.39 is 17.2 Å². The molecule has 0 radical (unpaired) electrons. The molecule has 0 fully saturated rings. The van der Waals surface area contributed by atoms with Gasteiger partial charge in [-0.2, -0.15) is 0 Å². The van der Waals surface area contributed by atoms with E-state index in [0.29, 0.717) is 6.07 Å². The van der Waals surface area contributed by atoms with E-state index in [2.05, 4.69) is 4.98 Å². The van der Waals surface area contributed by atoms with Gasteiger partial charge >= 0.3 is 0 Å². The summed E-state index contributed by atoms with van der Waals surface area (Å²) in [5.74, 6) is -1.62. The van der Waals surface area contributed by atoms with Crippen molar-refractivity contribution in [3.8, 4) is 0 Å². The van der Waals surface area contributed by atoms with E-state index in [9.17, 15) is 13.6 Å². The Labute approximate surface area is 77.6 Å². The Morgan fingerprint density at radius 3 is 2.79 bits per heavy atom. The highest BCUT2D eigenvalue weighted by Crippen LogP contribution is 2.13. The molecule has 0 aliphatic heterocycles. The molecule has 0 saturated heterocycles. The van der Waals surface area contributed by atoms with Crippen LogP contribution in [0.5, 0.6) is 0 Å². The SMILES string of the molecule is Cn1cnc2cc(F)cc(F)c2c1=O. The van der Waals surface area contributed by atoms with Crippen LogP contribution in [0, 0.1) is 11.6 Å². The summed E-state index contributed by atoms with van der Waals surface area (Å²) in [6.07, 6.45) is 1.23. The minimum atomic E-state index is -0.881. The van der Waals surface area contributed by atoms with Crippen LogP contribution in [-0.2, 0) is 7.05 Å². The summed E-state index contributed by atoms with van der Waals surface area (Å²) in [6.45, 7) is 0. The number of aryl methyl sites for hydroxylation is 1. The molecule has 1 aromatic carbocycles. The number of halogens is 2. The Kier molecular flexibility index (Phi) is 1.80. The number of hydrogen-bond acceptors (Lipinski definition) is 2. The van der Waals surface area contributed by atoms with Crippen molar-refractivity contribution in [1.29, 1.82) is 0 Å². The van der Waals surface area contributed by atoms with Crippen LogP contribution >= 0.6 is 0 Å². The molecule has 2 rings (SSSR count). The Morgan fingerprint density at radius 2 is 2.07 bits per heavy atom. The van der Waals surface area contributed by atoms with Crippen molar-refractivity contribution in [2.75, 3.05) is 0 Å². The lowest BCUT2D eigenvalue weighted by Gasteiger charge is -2.00. The van der Waals surface area contributed by atoms with Gasteiger partial charge in [0.15, 0.2) is 0 Å². The van der Waals surface area contributed by atoms with Crippen LogP contribution < -0.4 is 5.56 Å². The van der Waals surface area contributed by atoms with E-state index in [1.807, 2.05) is 0 Å². The first-order chi connectivity index (χ1) is 6.59. The van der Waals surface area contributed by atoms with Crippen LogP contribution in [0.1, 0.15) is 0 Å². The van der Waals surface area contributed by atoms with Crippen molar-refractivity contribution >= 4 is 10.9 Å². The summed E-state index contributed by atoms with van der Waals surface area (Å²) in [7, 11) is 1.46. The van der Waals surface area contributed by atoms with Crippen molar-refractivity contribution < 1.29 is 8.78 Å². The Balaban J connectivity index is 3.03. The third-order valence-electron chi connectivity index (χ3n) is 1.94. The van der Waals surface area contributed by atoms with Crippen LogP contribution in [0.15, 0.2) is 23.3 Å². The molecule has 0 aliphatic carbocycles. The molecular formula is C9H6F2N2O. The van der Waals surface area contributed by atoms with E-state index in [1.54, 1.807) is 0 Å². The zero-order chi connectivity index (χ0) is 10.3. The second kappa shape index (κ2) is 2.87. The molecule has 14 heavy (non-hydrogen) atoms. The van der Waals surface area contributed by atoms with Gasteiger partial charge in [-0.1, -0.05) is 0 Å². The highest BCUT2D eigenvalue weighted by molar-refractivity contribution is 5.77. The average Bonchev–Trinajstić information content (AvgIpc) is 2.10. The summed E-state index contributed by atoms with van der Waals surface area (Å²) < 4.78 is 27.1. The molecule has 0 bridgehead atoms. The molecule has 0 N–H and O–H groups in total. The van der Waals surface area contributed by atoms with Crippen molar-refractivity contribution in [3.05, 3.63) is 40.4 Å². The number of rotatable bonds is 0. The molecule has 0 saturated carbocycles. The first-order valence-electron chi connectivity index (χ1n) is 3.90. The fourth-order valence-corrected chi connectivity index (χ4v) is 1.25. The zero-order valence-electron chi connectivity index (χ0n) is 7.29. The van der Waals surface area contributed by atoms with Crippen LogP contribution in [0.2, 0.25) is 0 Å². The number of aromatic nitrogens is 2. The van der Waals surface area contributed by atoms with E-state index in [-0.39, 0.29) is 10.9 Å². The molecule has 5 heteroatoms. The summed E-state index contributed by atoms with van der Waals surface area (Å²) >= 11 is 0. The predicted octanol–water partition coefficient (Wildman–Crippen LogP) is 1.21. The van der Waals surface area contributed by atoms with Gasteiger partial charge in [-0.15, -0.1) is 0 Å². The topological polar surface area (TPSA) is 34.9 Å². The fraction of sp³-hybridized carbons (Fsp3) is 0.111. The molecule has 0 aliphatic rings. The van der Waals surface area contributed by atoms with Crippen LogP contribution in [0.3, 0.4) is 0 Å². The lowest BCUT2D eigenvalue weighted by molar-refractivity contribution is 0.589. The van der Waals surface area contributed by atoms with Crippen LogP contribution in [0.4, 0.5) is 8.78 Å². The highest BCUT2D eigenvalue weighted by Gasteiger charge is 2.09. The van der Waals surface area contributed by atoms with Crippen molar-refractivity contribution in [3.63, 3.8) is 0 Å². The second-order valence-electron chi connectivity index (χ2n) is 2.94. The van der Waals surface area contributed by atoms with E-state index >= 15 is 0 Å². The molecule has 1 aromatic heterocycles. The maximum Gasteiger partial charge on any atom is 0.263 e. The van der Waals surface area contributed by atoms with Crippen molar-refractivity contribution in [1.82, 2.24) is 9.55 Å². The van der Waals surface area contributed by atoms with Gasteiger partial charge in [0.05, 0.1) is 11.8 Å². The lowest BCUT2D eigenvalue weighted by Crippen LogP contribution is -2.18. The molecule has 72 valence electrons. The molecule has 0 amide bonds. The quantitative estimate of drug-likeness (QED) is 0.634. The minimum absolute atomic E-state index is 0.0330. The van der Waals surface area contributed by atoms with Gasteiger partial charge in [0.2, 0.25) is 0 Å². The third kappa shape index (κ3) is 1.17. The number of nitrogens with zero attached hydrogens (tertiary/aromatic N) is 2. The number of fused-ring (bicyclic) bond motifs is 1. The first-order valence-corrected chi connectivity index (χ1v) is 3.90. The summed E-state index contributed by atoms with van der Waals surface area (Å²) in [6, 6.07) is 1.70. The molecule has 2 aromatic rings. The van der Waals surface area contributed by atoms with Crippen LogP contribution in [-0.4, -0.2) is 9.55 Å². The largest absolute Gasteiger partial charge is 0.302 e. The molecule has 0 atom stereocenters. The molecule has 0 unspecified atom stereocenters. The van der Waals surface area contributed by atoms with E-state index in [0.717, 1.165) is 10.6 Å².